The van der Waals surface area contributed by atoms with Gasteiger partial charge in [0.05, 0.1) is 24.1 Å². The number of hydrogen-bond acceptors (Lipinski definition) is 6. The fraction of sp³-hybridized carbons (Fsp3) is 0.148. The van der Waals surface area contributed by atoms with Crippen LogP contribution in [0.4, 0.5) is 5.82 Å². The molecule has 2 aromatic heterocycles. The molecule has 1 amide bonds. The van der Waals surface area contributed by atoms with Crippen molar-refractivity contribution in [2.75, 3.05) is 18.6 Å². The summed E-state index contributed by atoms with van der Waals surface area (Å²) in [5.41, 5.74) is 1.72. The summed E-state index contributed by atoms with van der Waals surface area (Å²) in [6.45, 7) is 5.82. The zero-order valence-electron chi connectivity index (χ0n) is 19.1. The van der Waals surface area contributed by atoms with Gasteiger partial charge in [0.2, 0.25) is 5.76 Å². The molecule has 0 bridgehead atoms. The Kier molecular flexibility index (Phi) is 5.90. The smallest absolute Gasteiger partial charge is 0.296 e. The number of carbonyl (C=O) groups excluding carboxylic acids is 1. The Morgan fingerprint density at radius 1 is 1.14 bits per heavy atom. The summed E-state index contributed by atoms with van der Waals surface area (Å²) in [7, 11) is 1.53. The maximum atomic E-state index is 13.8. The monoisotopic (exact) mass is 532 g/mol. The summed E-state index contributed by atoms with van der Waals surface area (Å²) in [6, 6.07) is 15.1. The molecular formula is C27H21BrN2O5. The second-order valence-corrected chi connectivity index (χ2v) is 8.95. The first-order valence-electron chi connectivity index (χ1n) is 10.9. The van der Waals surface area contributed by atoms with E-state index in [2.05, 4.69) is 27.5 Å². The number of rotatable bonds is 6. The van der Waals surface area contributed by atoms with E-state index in [1.807, 2.05) is 19.1 Å². The molecule has 2 aromatic carbocycles. The predicted octanol–water partition coefficient (Wildman–Crippen LogP) is 5.58. The van der Waals surface area contributed by atoms with Crippen molar-refractivity contribution in [3.63, 3.8) is 0 Å². The number of amides is 1. The third-order valence-corrected chi connectivity index (χ3v) is 6.31. The van der Waals surface area contributed by atoms with E-state index >= 15 is 0 Å². The SMILES string of the molecule is C=CCOc1ccc(C2c3c(oc4ccc(Br)cc4c3=O)C(=O)N2c2cccc(C)n2)cc1OC. The minimum atomic E-state index is -0.770. The summed E-state index contributed by atoms with van der Waals surface area (Å²) in [5.74, 6) is 0.979. The molecule has 1 unspecified atom stereocenters. The van der Waals surface area contributed by atoms with E-state index in [1.54, 1.807) is 48.5 Å². The molecule has 1 aliphatic rings. The quantitative estimate of drug-likeness (QED) is 0.301. The van der Waals surface area contributed by atoms with Gasteiger partial charge >= 0.3 is 0 Å². The predicted molar refractivity (Wildman–Crippen MR) is 136 cm³/mol. The highest BCUT2D eigenvalue weighted by Gasteiger charge is 2.44. The Labute approximate surface area is 209 Å². The molecule has 35 heavy (non-hydrogen) atoms. The number of methoxy groups -OCH3 is 1. The first-order valence-corrected chi connectivity index (χ1v) is 11.7. The van der Waals surface area contributed by atoms with Crippen LogP contribution >= 0.6 is 15.9 Å². The highest BCUT2D eigenvalue weighted by molar-refractivity contribution is 9.10. The van der Waals surface area contributed by atoms with Crippen LogP contribution in [0.3, 0.4) is 0 Å². The fourth-order valence-electron chi connectivity index (χ4n) is 4.28. The standard InChI is InChI=1S/C27H21BrN2O5/c1-4-12-34-20-10-8-16(13-21(20)33-3)24-23-25(31)18-14-17(28)9-11-19(18)35-26(23)27(32)30(24)22-7-5-6-15(2)29-22/h4-11,13-14,24H,1,12H2,2-3H3. The molecule has 176 valence electrons. The average Bonchev–Trinajstić information content (AvgIpc) is 3.15. The van der Waals surface area contributed by atoms with E-state index in [9.17, 15) is 9.59 Å². The van der Waals surface area contributed by atoms with Crippen LogP contribution in [0.25, 0.3) is 11.0 Å². The van der Waals surface area contributed by atoms with Gasteiger partial charge in [-0.3, -0.25) is 14.5 Å². The third-order valence-electron chi connectivity index (χ3n) is 5.81. The summed E-state index contributed by atoms with van der Waals surface area (Å²) >= 11 is 3.42. The Balaban J connectivity index is 1.77. The molecule has 0 aliphatic carbocycles. The van der Waals surface area contributed by atoms with Crippen molar-refractivity contribution in [3.05, 3.63) is 105 Å². The van der Waals surface area contributed by atoms with E-state index < -0.39 is 11.9 Å². The number of ether oxygens (including phenoxy) is 2. The number of aryl methyl sites for hydroxylation is 1. The maximum Gasteiger partial charge on any atom is 0.296 e. The van der Waals surface area contributed by atoms with Crippen LogP contribution in [0.5, 0.6) is 11.5 Å². The first kappa shape index (κ1) is 22.9. The summed E-state index contributed by atoms with van der Waals surface area (Å²) < 4.78 is 18.0. The van der Waals surface area contributed by atoms with Gasteiger partial charge in [-0.25, -0.2) is 4.98 Å². The molecule has 7 nitrogen and oxygen atoms in total. The zero-order chi connectivity index (χ0) is 24.7. The Bertz CT molecular complexity index is 1540. The van der Waals surface area contributed by atoms with Crippen LogP contribution in [0.1, 0.15) is 33.4 Å². The van der Waals surface area contributed by atoms with Gasteiger partial charge in [0.25, 0.3) is 5.91 Å². The molecule has 0 saturated carbocycles. The number of anilines is 1. The number of aromatic nitrogens is 1. The lowest BCUT2D eigenvalue weighted by molar-refractivity contribution is 0.0970. The number of benzene rings is 2. The molecular weight excluding hydrogens is 512 g/mol. The van der Waals surface area contributed by atoms with Crippen LogP contribution in [0.2, 0.25) is 0 Å². The average molecular weight is 533 g/mol. The molecule has 1 aliphatic heterocycles. The molecule has 8 heteroatoms. The van der Waals surface area contributed by atoms with E-state index in [-0.39, 0.29) is 16.8 Å². The Morgan fingerprint density at radius 3 is 2.71 bits per heavy atom. The number of fused-ring (bicyclic) bond motifs is 2. The minimum Gasteiger partial charge on any atom is -0.493 e. The van der Waals surface area contributed by atoms with Gasteiger partial charge in [0.15, 0.2) is 16.9 Å². The lowest BCUT2D eigenvalue weighted by Gasteiger charge is -2.25. The minimum absolute atomic E-state index is 0.00378. The topological polar surface area (TPSA) is 81.9 Å². The molecule has 0 N–H and O–H groups in total. The summed E-state index contributed by atoms with van der Waals surface area (Å²) in [4.78, 5) is 33.5. The van der Waals surface area contributed by atoms with E-state index in [4.69, 9.17) is 13.9 Å². The van der Waals surface area contributed by atoms with Crippen molar-refractivity contribution in [3.8, 4) is 11.5 Å². The van der Waals surface area contributed by atoms with E-state index in [0.717, 1.165) is 10.2 Å². The van der Waals surface area contributed by atoms with Crippen molar-refractivity contribution in [1.29, 1.82) is 0 Å². The van der Waals surface area contributed by atoms with Crippen LogP contribution in [-0.4, -0.2) is 24.6 Å². The van der Waals surface area contributed by atoms with Gasteiger partial charge in [-0.15, -0.1) is 0 Å². The van der Waals surface area contributed by atoms with Gasteiger partial charge in [0, 0.05) is 10.2 Å². The number of nitrogens with zero attached hydrogens (tertiary/aromatic N) is 2. The van der Waals surface area contributed by atoms with Crippen molar-refractivity contribution in [1.82, 2.24) is 4.98 Å². The number of pyridine rings is 1. The lowest BCUT2D eigenvalue weighted by Crippen LogP contribution is -2.30. The molecule has 1 atom stereocenters. The second-order valence-electron chi connectivity index (χ2n) is 8.04. The van der Waals surface area contributed by atoms with Gasteiger partial charge in [-0.1, -0.05) is 40.7 Å². The molecule has 3 heterocycles. The van der Waals surface area contributed by atoms with Crippen LogP contribution in [0, 0.1) is 6.92 Å². The Hall–Kier alpha value is -3.91. The largest absolute Gasteiger partial charge is 0.493 e. The molecule has 0 spiro atoms. The molecule has 0 fully saturated rings. The second kappa shape index (κ2) is 9.03. The highest BCUT2D eigenvalue weighted by Crippen LogP contribution is 2.43. The number of carbonyl (C=O) groups is 1. The maximum absolute atomic E-state index is 13.8. The van der Waals surface area contributed by atoms with Gasteiger partial charge in [-0.2, -0.15) is 0 Å². The number of hydrogen-bond donors (Lipinski definition) is 0. The third kappa shape index (κ3) is 3.89. The fourth-order valence-corrected chi connectivity index (χ4v) is 4.64. The summed E-state index contributed by atoms with van der Waals surface area (Å²) in [6.07, 6.45) is 1.64. The normalized spacial score (nSPS) is 14.8. The van der Waals surface area contributed by atoms with Gasteiger partial charge in [0.1, 0.15) is 18.0 Å². The van der Waals surface area contributed by atoms with Gasteiger partial charge in [-0.05, 0) is 55.0 Å². The summed E-state index contributed by atoms with van der Waals surface area (Å²) in [5, 5.41) is 0.382. The van der Waals surface area contributed by atoms with E-state index in [0.29, 0.717) is 40.5 Å². The molecule has 5 rings (SSSR count). The van der Waals surface area contributed by atoms with Crippen molar-refractivity contribution >= 4 is 38.6 Å². The first-order chi connectivity index (χ1) is 16.9. The van der Waals surface area contributed by atoms with Crippen LogP contribution in [0.15, 0.2) is 80.9 Å². The molecule has 0 radical (unpaired) electrons. The Morgan fingerprint density at radius 2 is 1.97 bits per heavy atom. The number of halogens is 1. The van der Waals surface area contributed by atoms with Gasteiger partial charge < -0.3 is 13.9 Å². The zero-order valence-corrected chi connectivity index (χ0v) is 20.7. The molecule has 4 aromatic rings. The highest BCUT2D eigenvalue weighted by atomic mass is 79.9. The lowest BCUT2D eigenvalue weighted by atomic mass is 9.98. The van der Waals surface area contributed by atoms with Crippen molar-refractivity contribution in [2.24, 2.45) is 0 Å². The van der Waals surface area contributed by atoms with Crippen molar-refractivity contribution in [2.45, 2.75) is 13.0 Å². The van der Waals surface area contributed by atoms with Crippen LogP contribution in [-0.2, 0) is 0 Å². The molecule has 0 saturated heterocycles. The van der Waals surface area contributed by atoms with Crippen LogP contribution < -0.4 is 19.8 Å². The van der Waals surface area contributed by atoms with E-state index in [1.165, 1.54) is 12.0 Å². The van der Waals surface area contributed by atoms with Crippen molar-refractivity contribution < 1.29 is 18.7 Å².